The topological polar surface area (TPSA) is 36.5 Å². The summed E-state index contributed by atoms with van der Waals surface area (Å²) in [7, 11) is 0. The van der Waals surface area contributed by atoms with Crippen LogP contribution in [0.2, 0.25) is 0 Å². The van der Waals surface area contributed by atoms with Crippen molar-refractivity contribution in [2.24, 2.45) is 0 Å². The highest BCUT2D eigenvalue weighted by molar-refractivity contribution is 5.41. The maximum atomic E-state index is 4.76. The number of anilines is 1. The van der Waals surface area contributed by atoms with Crippen LogP contribution in [0.15, 0.2) is 42.8 Å². The normalized spacial score (nSPS) is 14.5. The molecular formula is C8H9N3O. The van der Waals surface area contributed by atoms with Crippen molar-refractivity contribution in [3.63, 3.8) is 0 Å². The lowest BCUT2D eigenvalue weighted by atomic mass is 10.3. The molecule has 0 spiro atoms. The van der Waals surface area contributed by atoms with Crippen LogP contribution in [0.1, 0.15) is 0 Å². The van der Waals surface area contributed by atoms with E-state index in [1.807, 2.05) is 30.3 Å². The average Bonchev–Trinajstić information content (AvgIpc) is 2.59. The fraction of sp³-hybridized carbons (Fsp3) is 0. The molecule has 1 aromatic rings. The molecule has 4 nitrogen and oxygen atoms in total. The van der Waals surface area contributed by atoms with Gasteiger partial charge in [0.25, 0.3) is 0 Å². The van der Waals surface area contributed by atoms with Gasteiger partial charge >= 0.3 is 0 Å². The van der Waals surface area contributed by atoms with E-state index >= 15 is 0 Å². The zero-order chi connectivity index (χ0) is 8.23. The molecule has 4 heteroatoms. The Bertz CT molecular complexity index is 273. The predicted octanol–water partition coefficient (Wildman–Crippen LogP) is 1.24. The molecule has 0 fully saturated rings. The molecule has 0 saturated carbocycles. The third kappa shape index (κ3) is 1.49. The predicted molar refractivity (Wildman–Crippen MR) is 45.3 cm³/mol. The molecule has 1 aromatic carbocycles. The van der Waals surface area contributed by atoms with Gasteiger partial charge in [-0.05, 0) is 17.7 Å². The number of hydrazine groups is 2. The van der Waals surface area contributed by atoms with Gasteiger partial charge in [-0.3, -0.25) is 5.43 Å². The first-order chi connectivity index (χ1) is 5.95. The summed E-state index contributed by atoms with van der Waals surface area (Å²) in [5.74, 6) is 0. The van der Waals surface area contributed by atoms with Gasteiger partial charge in [0.2, 0.25) is 0 Å². The van der Waals surface area contributed by atoms with Crippen LogP contribution >= 0.6 is 0 Å². The van der Waals surface area contributed by atoms with Crippen LogP contribution in [0.3, 0.4) is 0 Å². The summed E-state index contributed by atoms with van der Waals surface area (Å²) in [6.45, 7) is 0. The van der Waals surface area contributed by atoms with Gasteiger partial charge in [-0.2, -0.15) is 5.12 Å². The number of rotatable bonds is 2. The molecule has 0 atom stereocenters. The number of hydrogen-bond donors (Lipinski definition) is 2. The molecular weight excluding hydrogens is 154 g/mol. The molecule has 1 heterocycles. The van der Waals surface area contributed by atoms with Crippen LogP contribution in [0.5, 0.6) is 0 Å². The van der Waals surface area contributed by atoms with Crippen LogP contribution in [0.4, 0.5) is 5.69 Å². The summed E-state index contributed by atoms with van der Waals surface area (Å²) >= 11 is 0. The molecule has 0 saturated heterocycles. The standard InChI is InChI=1S/C8H9N3O/c1-2-4-8(5-3-1)9-11-6-7-12-10-11/h1-7,9-10H. The van der Waals surface area contributed by atoms with Crippen molar-refractivity contribution in [2.45, 2.75) is 0 Å². The number of nitrogens with one attached hydrogen (secondary N) is 2. The van der Waals surface area contributed by atoms with Crippen molar-refractivity contribution >= 4 is 5.69 Å². The van der Waals surface area contributed by atoms with Crippen molar-refractivity contribution in [1.29, 1.82) is 0 Å². The Balaban J connectivity index is 1.99. The fourth-order valence-corrected chi connectivity index (χ4v) is 0.921. The van der Waals surface area contributed by atoms with Gasteiger partial charge in [-0.25, -0.2) is 0 Å². The first-order valence-corrected chi connectivity index (χ1v) is 3.64. The second kappa shape index (κ2) is 3.15. The second-order valence-electron chi connectivity index (χ2n) is 2.34. The van der Waals surface area contributed by atoms with E-state index in [9.17, 15) is 0 Å². The maximum absolute atomic E-state index is 4.76. The van der Waals surface area contributed by atoms with E-state index in [1.54, 1.807) is 17.6 Å². The van der Waals surface area contributed by atoms with Crippen LogP contribution in [0, 0.1) is 0 Å². The quantitative estimate of drug-likeness (QED) is 0.687. The third-order valence-electron chi connectivity index (χ3n) is 1.45. The van der Waals surface area contributed by atoms with E-state index in [1.165, 1.54) is 0 Å². The number of benzene rings is 1. The van der Waals surface area contributed by atoms with Gasteiger partial charge in [-0.15, -0.1) is 0 Å². The average molecular weight is 163 g/mol. The van der Waals surface area contributed by atoms with E-state index in [2.05, 4.69) is 11.0 Å². The van der Waals surface area contributed by atoms with Crippen molar-refractivity contribution in [3.05, 3.63) is 42.8 Å². The highest BCUT2D eigenvalue weighted by atomic mass is 16.7. The minimum absolute atomic E-state index is 1.00. The Hall–Kier alpha value is -1.68. The third-order valence-corrected chi connectivity index (χ3v) is 1.45. The van der Waals surface area contributed by atoms with Crippen molar-refractivity contribution in [1.82, 2.24) is 10.7 Å². The zero-order valence-electron chi connectivity index (χ0n) is 6.40. The van der Waals surface area contributed by atoms with E-state index < -0.39 is 0 Å². The molecule has 12 heavy (non-hydrogen) atoms. The minimum atomic E-state index is 1.00. The highest BCUT2D eigenvalue weighted by Crippen LogP contribution is 2.06. The monoisotopic (exact) mass is 163 g/mol. The van der Waals surface area contributed by atoms with Crippen molar-refractivity contribution in [2.75, 3.05) is 5.43 Å². The number of para-hydroxylation sites is 1. The Morgan fingerprint density at radius 1 is 1.25 bits per heavy atom. The van der Waals surface area contributed by atoms with E-state index in [-0.39, 0.29) is 0 Å². The van der Waals surface area contributed by atoms with Gasteiger partial charge in [0.1, 0.15) is 6.26 Å². The lowest BCUT2D eigenvalue weighted by Crippen LogP contribution is -2.32. The van der Waals surface area contributed by atoms with Gasteiger partial charge in [0, 0.05) is 0 Å². The van der Waals surface area contributed by atoms with Gasteiger partial charge in [-0.1, -0.05) is 18.2 Å². The van der Waals surface area contributed by atoms with Crippen molar-refractivity contribution in [3.8, 4) is 0 Å². The number of hydrogen-bond acceptors (Lipinski definition) is 4. The Labute approximate surface area is 70.3 Å². The Morgan fingerprint density at radius 2 is 2.08 bits per heavy atom. The van der Waals surface area contributed by atoms with Crippen LogP contribution in [-0.4, -0.2) is 5.12 Å². The SMILES string of the molecule is C1=CN(Nc2ccccc2)NO1. The molecule has 2 N–H and O–H groups in total. The summed E-state index contributed by atoms with van der Waals surface area (Å²) < 4.78 is 0. The van der Waals surface area contributed by atoms with Gasteiger partial charge in [0.05, 0.1) is 11.9 Å². The zero-order valence-corrected chi connectivity index (χ0v) is 6.40. The summed E-state index contributed by atoms with van der Waals surface area (Å²) in [6, 6.07) is 9.82. The van der Waals surface area contributed by atoms with E-state index in [0.717, 1.165) is 5.69 Å². The first-order valence-electron chi connectivity index (χ1n) is 3.64. The molecule has 1 aliphatic rings. The first kappa shape index (κ1) is 7.00. The molecule has 0 bridgehead atoms. The lowest BCUT2D eigenvalue weighted by molar-refractivity contribution is 0.0514. The van der Waals surface area contributed by atoms with Gasteiger partial charge < -0.3 is 4.84 Å². The second-order valence-corrected chi connectivity index (χ2v) is 2.34. The molecule has 0 aromatic heterocycles. The summed E-state index contributed by atoms with van der Waals surface area (Å²) in [6.07, 6.45) is 3.29. The van der Waals surface area contributed by atoms with E-state index in [0.29, 0.717) is 0 Å². The summed E-state index contributed by atoms with van der Waals surface area (Å²) in [4.78, 5) is 4.76. The molecule has 0 amide bonds. The van der Waals surface area contributed by atoms with E-state index in [4.69, 9.17) is 4.84 Å². The molecule has 0 aliphatic carbocycles. The Morgan fingerprint density at radius 3 is 2.75 bits per heavy atom. The summed E-state index contributed by atoms with van der Waals surface area (Å²) in [5.41, 5.74) is 6.67. The van der Waals surface area contributed by atoms with Gasteiger partial charge in [0.15, 0.2) is 0 Å². The van der Waals surface area contributed by atoms with Crippen molar-refractivity contribution < 1.29 is 4.84 Å². The molecule has 2 rings (SSSR count). The lowest BCUT2D eigenvalue weighted by Gasteiger charge is -2.15. The summed E-state index contributed by atoms with van der Waals surface area (Å²) in [5, 5.41) is 1.62. The Kier molecular flexibility index (Phi) is 1.83. The molecule has 0 unspecified atom stereocenters. The fourth-order valence-electron chi connectivity index (χ4n) is 0.921. The molecule has 62 valence electrons. The maximum Gasteiger partial charge on any atom is 0.133 e. The highest BCUT2D eigenvalue weighted by Gasteiger charge is 2.02. The minimum Gasteiger partial charge on any atom is -0.394 e. The smallest absolute Gasteiger partial charge is 0.133 e. The largest absolute Gasteiger partial charge is 0.394 e. The van der Waals surface area contributed by atoms with Crippen LogP contribution in [-0.2, 0) is 4.84 Å². The number of nitrogens with zero attached hydrogens (tertiary/aromatic N) is 1. The van der Waals surface area contributed by atoms with Crippen LogP contribution in [0.25, 0.3) is 0 Å². The van der Waals surface area contributed by atoms with Crippen LogP contribution < -0.4 is 11.0 Å². The molecule has 1 aliphatic heterocycles. The molecule has 0 radical (unpaired) electrons.